The number of fused-ring (bicyclic) bond motifs is 1. The van der Waals surface area contributed by atoms with Crippen LogP contribution in [0.3, 0.4) is 0 Å². The predicted octanol–water partition coefficient (Wildman–Crippen LogP) is 5.17. The maximum Gasteiger partial charge on any atom is 0.387 e. The summed E-state index contributed by atoms with van der Waals surface area (Å²) in [7, 11) is 0. The number of benzene rings is 3. The first-order chi connectivity index (χ1) is 12.1. The molecule has 3 aromatic carbocycles. The van der Waals surface area contributed by atoms with E-state index in [0.29, 0.717) is 5.69 Å². The summed E-state index contributed by atoms with van der Waals surface area (Å²) in [4.78, 5) is 13.1. The Balaban J connectivity index is 1.59. The molecule has 0 fully saturated rings. The second-order valence-corrected chi connectivity index (χ2v) is 6.23. The highest BCUT2D eigenvalue weighted by atomic mass is 32.2. The van der Waals surface area contributed by atoms with Crippen molar-refractivity contribution in [1.29, 1.82) is 0 Å². The van der Waals surface area contributed by atoms with Crippen LogP contribution >= 0.6 is 11.8 Å². The number of carbonyl (C=O) groups is 1. The molecule has 0 radical (unpaired) electrons. The minimum atomic E-state index is -2.86. The minimum absolute atomic E-state index is 0.0538. The minimum Gasteiger partial charge on any atom is -0.435 e. The van der Waals surface area contributed by atoms with Gasteiger partial charge >= 0.3 is 6.61 Å². The number of thioether (sulfide) groups is 1. The van der Waals surface area contributed by atoms with Crippen LogP contribution in [0.1, 0.15) is 0 Å². The fraction of sp³-hybridized carbons (Fsp3) is 0.105. The van der Waals surface area contributed by atoms with Gasteiger partial charge in [-0.05, 0) is 41.1 Å². The molecule has 0 unspecified atom stereocenters. The van der Waals surface area contributed by atoms with E-state index >= 15 is 0 Å². The molecule has 0 saturated heterocycles. The van der Waals surface area contributed by atoms with Crippen molar-refractivity contribution in [3.63, 3.8) is 0 Å². The maximum absolute atomic E-state index is 12.1. The molecule has 3 aromatic rings. The second kappa shape index (κ2) is 7.98. The molecule has 1 amide bonds. The monoisotopic (exact) mass is 359 g/mol. The smallest absolute Gasteiger partial charge is 0.387 e. The zero-order chi connectivity index (χ0) is 17.6. The molecule has 0 spiro atoms. The van der Waals surface area contributed by atoms with Crippen molar-refractivity contribution >= 4 is 34.1 Å². The van der Waals surface area contributed by atoms with Gasteiger partial charge in [0.2, 0.25) is 5.91 Å². The Morgan fingerprint density at radius 1 is 1.00 bits per heavy atom. The molecule has 0 aliphatic carbocycles. The van der Waals surface area contributed by atoms with Crippen LogP contribution in [0.4, 0.5) is 14.5 Å². The first kappa shape index (κ1) is 17.2. The lowest BCUT2D eigenvalue weighted by Gasteiger charge is -2.08. The van der Waals surface area contributed by atoms with Crippen molar-refractivity contribution < 1.29 is 18.3 Å². The molecule has 0 bridgehead atoms. The Bertz CT molecular complexity index is 863. The Morgan fingerprint density at radius 3 is 2.48 bits per heavy atom. The average Bonchev–Trinajstić information content (AvgIpc) is 2.61. The quantitative estimate of drug-likeness (QED) is 0.617. The number of rotatable bonds is 6. The largest absolute Gasteiger partial charge is 0.435 e. The van der Waals surface area contributed by atoms with Gasteiger partial charge in [-0.1, -0.05) is 36.4 Å². The van der Waals surface area contributed by atoms with Crippen LogP contribution in [0.25, 0.3) is 10.8 Å². The molecular formula is C19H15F2NO2S. The standard InChI is InChI=1S/C19H15F2NO2S/c20-19(21)24-15-10-8-14(9-11-15)22-18(23)12-25-17-7-3-5-13-4-1-2-6-16(13)17/h1-11,19H,12H2,(H,22,23). The maximum atomic E-state index is 12.1. The molecule has 0 aliphatic rings. The molecule has 0 saturated carbocycles. The lowest BCUT2D eigenvalue weighted by molar-refractivity contribution is -0.113. The molecule has 1 N–H and O–H groups in total. The van der Waals surface area contributed by atoms with Crippen molar-refractivity contribution in [2.24, 2.45) is 0 Å². The van der Waals surface area contributed by atoms with E-state index in [4.69, 9.17) is 0 Å². The number of amides is 1. The number of anilines is 1. The van der Waals surface area contributed by atoms with Gasteiger partial charge in [0.05, 0.1) is 5.75 Å². The fourth-order valence-electron chi connectivity index (χ4n) is 2.38. The van der Waals surface area contributed by atoms with Gasteiger partial charge in [-0.3, -0.25) is 4.79 Å². The molecule has 0 heterocycles. The number of nitrogens with one attached hydrogen (secondary N) is 1. The van der Waals surface area contributed by atoms with Gasteiger partial charge in [0, 0.05) is 10.6 Å². The summed E-state index contributed by atoms with van der Waals surface area (Å²) in [6, 6.07) is 19.8. The topological polar surface area (TPSA) is 38.3 Å². The van der Waals surface area contributed by atoms with Crippen LogP contribution in [0.15, 0.2) is 71.6 Å². The van der Waals surface area contributed by atoms with Gasteiger partial charge in [-0.2, -0.15) is 8.78 Å². The van der Waals surface area contributed by atoms with Gasteiger partial charge in [0.1, 0.15) is 5.75 Å². The molecule has 6 heteroatoms. The van der Waals surface area contributed by atoms with Gasteiger partial charge in [-0.15, -0.1) is 11.8 Å². The summed E-state index contributed by atoms with van der Waals surface area (Å²) < 4.78 is 28.5. The first-order valence-corrected chi connectivity index (χ1v) is 8.56. The first-order valence-electron chi connectivity index (χ1n) is 7.57. The van der Waals surface area contributed by atoms with Crippen LogP contribution in [0.2, 0.25) is 0 Å². The predicted molar refractivity (Wildman–Crippen MR) is 96.4 cm³/mol. The van der Waals surface area contributed by atoms with E-state index in [1.807, 2.05) is 42.5 Å². The van der Waals surface area contributed by atoms with Gasteiger partial charge in [0.15, 0.2) is 0 Å². The van der Waals surface area contributed by atoms with Crippen molar-refractivity contribution in [2.45, 2.75) is 11.5 Å². The highest BCUT2D eigenvalue weighted by Gasteiger charge is 2.08. The number of ether oxygens (including phenoxy) is 1. The summed E-state index contributed by atoms with van der Waals surface area (Å²) in [6.07, 6.45) is 0. The number of carbonyl (C=O) groups excluding carboxylic acids is 1. The average molecular weight is 359 g/mol. The molecule has 0 atom stereocenters. The normalized spacial score (nSPS) is 10.8. The molecule has 0 aromatic heterocycles. The molecule has 3 nitrogen and oxygen atoms in total. The fourth-order valence-corrected chi connectivity index (χ4v) is 3.26. The number of halogens is 2. The number of alkyl halides is 2. The van der Waals surface area contributed by atoms with Gasteiger partial charge in [-0.25, -0.2) is 0 Å². The lowest BCUT2D eigenvalue weighted by Crippen LogP contribution is -2.14. The molecule has 128 valence electrons. The zero-order valence-electron chi connectivity index (χ0n) is 13.1. The summed E-state index contributed by atoms with van der Waals surface area (Å²) in [5.41, 5.74) is 0.533. The van der Waals surface area contributed by atoms with E-state index in [2.05, 4.69) is 10.1 Å². The van der Waals surface area contributed by atoms with Crippen molar-refractivity contribution in [1.82, 2.24) is 0 Å². The van der Waals surface area contributed by atoms with Crippen LogP contribution < -0.4 is 10.1 Å². The third-order valence-corrected chi connectivity index (χ3v) is 4.55. The van der Waals surface area contributed by atoms with Crippen molar-refractivity contribution in [2.75, 3.05) is 11.1 Å². The Kier molecular flexibility index (Phi) is 5.50. The Hall–Kier alpha value is -2.60. The van der Waals surface area contributed by atoms with Crippen LogP contribution in [0.5, 0.6) is 5.75 Å². The van der Waals surface area contributed by atoms with Crippen molar-refractivity contribution in [3.05, 3.63) is 66.7 Å². The van der Waals surface area contributed by atoms with Crippen LogP contribution in [0, 0.1) is 0 Å². The van der Waals surface area contributed by atoms with E-state index in [1.54, 1.807) is 0 Å². The summed E-state index contributed by atoms with van der Waals surface area (Å²) in [5.74, 6) is 0.141. The second-order valence-electron chi connectivity index (χ2n) is 5.22. The third kappa shape index (κ3) is 4.70. The van der Waals surface area contributed by atoms with E-state index in [0.717, 1.165) is 15.7 Å². The molecule has 0 aliphatic heterocycles. The molecule has 25 heavy (non-hydrogen) atoms. The lowest BCUT2D eigenvalue weighted by atomic mass is 10.1. The van der Waals surface area contributed by atoms with E-state index in [-0.39, 0.29) is 17.4 Å². The summed E-state index contributed by atoms with van der Waals surface area (Å²) in [5, 5.41) is 4.97. The highest BCUT2D eigenvalue weighted by molar-refractivity contribution is 8.00. The summed E-state index contributed by atoms with van der Waals surface area (Å²) in [6.45, 7) is -2.86. The van der Waals surface area contributed by atoms with Crippen LogP contribution in [-0.4, -0.2) is 18.3 Å². The van der Waals surface area contributed by atoms with E-state index < -0.39 is 6.61 Å². The van der Waals surface area contributed by atoms with E-state index in [1.165, 1.54) is 36.0 Å². The summed E-state index contributed by atoms with van der Waals surface area (Å²) >= 11 is 1.45. The highest BCUT2D eigenvalue weighted by Crippen LogP contribution is 2.28. The van der Waals surface area contributed by atoms with E-state index in [9.17, 15) is 13.6 Å². The Morgan fingerprint density at radius 2 is 1.72 bits per heavy atom. The molecule has 3 rings (SSSR count). The SMILES string of the molecule is O=C(CSc1cccc2ccccc12)Nc1ccc(OC(F)F)cc1. The third-order valence-electron chi connectivity index (χ3n) is 3.47. The van der Waals surface area contributed by atoms with Gasteiger partial charge < -0.3 is 10.1 Å². The van der Waals surface area contributed by atoms with Crippen LogP contribution in [-0.2, 0) is 4.79 Å². The molecular weight excluding hydrogens is 344 g/mol. The number of hydrogen-bond donors (Lipinski definition) is 1. The van der Waals surface area contributed by atoms with Crippen molar-refractivity contribution in [3.8, 4) is 5.75 Å². The Labute approximate surface area is 148 Å². The zero-order valence-corrected chi connectivity index (χ0v) is 13.9. The van der Waals surface area contributed by atoms with Gasteiger partial charge in [0.25, 0.3) is 0 Å². The number of hydrogen-bond acceptors (Lipinski definition) is 3.